The predicted octanol–water partition coefficient (Wildman–Crippen LogP) is 5.28. The van der Waals surface area contributed by atoms with E-state index >= 15 is 0 Å². The van der Waals surface area contributed by atoms with Crippen LogP contribution in [0.15, 0.2) is 23.2 Å². The summed E-state index contributed by atoms with van der Waals surface area (Å²) >= 11 is 9.74. The Morgan fingerprint density at radius 2 is 2.29 bits per heavy atom. The Bertz CT molecular complexity index is 431. The average molecular weight is 286 g/mol. The van der Waals surface area contributed by atoms with Crippen LogP contribution in [0.4, 0.5) is 5.69 Å². The van der Waals surface area contributed by atoms with E-state index in [0.717, 1.165) is 21.5 Å². The number of hydrogen-bond donors (Lipinski definition) is 0. The Kier molecular flexibility index (Phi) is 4.83. The summed E-state index contributed by atoms with van der Waals surface area (Å²) in [5.41, 5.74) is 2.19. The van der Waals surface area contributed by atoms with Crippen molar-refractivity contribution in [2.24, 2.45) is 4.99 Å². The van der Waals surface area contributed by atoms with E-state index in [2.05, 4.69) is 13.8 Å². The van der Waals surface area contributed by atoms with Gasteiger partial charge in [0.15, 0.2) is 0 Å². The van der Waals surface area contributed by atoms with Crippen molar-refractivity contribution in [2.45, 2.75) is 31.9 Å². The molecule has 0 aromatic heterocycles. The van der Waals surface area contributed by atoms with Gasteiger partial charge in [0.05, 0.1) is 5.69 Å². The highest BCUT2D eigenvalue weighted by atomic mass is 35.5. The fraction of sp³-hybridized carbons (Fsp3) is 0.462. The van der Waals surface area contributed by atoms with E-state index in [4.69, 9.17) is 16.6 Å². The van der Waals surface area contributed by atoms with Gasteiger partial charge in [-0.1, -0.05) is 48.5 Å². The van der Waals surface area contributed by atoms with Crippen LogP contribution in [0.1, 0.15) is 25.3 Å². The summed E-state index contributed by atoms with van der Waals surface area (Å²) in [7, 11) is 0. The first-order valence-corrected chi connectivity index (χ1v) is 8.07. The van der Waals surface area contributed by atoms with Crippen LogP contribution in [0.2, 0.25) is 5.02 Å². The zero-order chi connectivity index (χ0) is 12.3. The van der Waals surface area contributed by atoms with E-state index in [0.29, 0.717) is 0 Å². The molecule has 0 amide bonds. The van der Waals surface area contributed by atoms with Crippen LogP contribution in [0.5, 0.6) is 0 Å². The number of halogens is 1. The van der Waals surface area contributed by atoms with Crippen LogP contribution in [-0.2, 0) is 0 Å². The van der Waals surface area contributed by atoms with Crippen molar-refractivity contribution in [3.63, 3.8) is 0 Å². The monoisotopic (exact) mass is 285 g/mol. The maximum absolute atomic E-state index is 5.94. The molecule has 0 spiro atoms. The summed E-state index contributed by atoms with van der Waals surface area (Å²) in [5.74, 6) is 1.20. The van der Waals surface area contributed by atoms with Crippen molar-refractivity contribution in [3.8, 4) is 0 Å². The fourth-order valence-electron chi connectivity index (χ4n) is 1.74. The van der Waals surface area contributed by atoms with Crippen LogP contribution >= 0.6 is 35.1 Å². The Hall–Kier alpha value is -0.120. The van der Waals surface area contributed by atoms with Crippen molar-refractivity contribution < 1.29 is 0 Å². The van der Waals surface area contributed by atoms with Gasteiger partial charge < -0.3 is 0 Å². The highest BCUT2D eigenvalue weighted by Gasteiger charge is 2.21. The maximum Gasteiger partial charge on any atom is 0.130 e. The number of thioether (sulfide) groups is 2. The van der Waals surface area contributed by atoms with Gasteiger partial charge >= 0.3 is 0 Å². The van der Waals surface area contributed by atoms with E-state index < -0.39 is 0 Å². The average Bonchev–Trinajstić information content (AvgIpc) is 2.71. The summed E-state index contributed by atoms with van der Waals surface area (Å²) in [6.45, 7) is 4.29. The van der Waals surface area contributed by atoms with Crippen LogP contribution < -0.4 is 0 Å². The highest BCUT2D eigenvalue weighted by molar-refractivity contribution is 8.41. The number of rotatable bonds is 3. The molecule has 4 heteroatoms. The molecule has 1 unspecified atom stereocenters. The molecule has 0 N–H and O–H groups in total. The lowest BCUT2D eigenvalue weighted by Crippen LogP contribution is -1.98. The molecule has 1 aliphatic rings. The molecule has 1 saturated heterocycles. The zero-order valence-electron chi connectivity index (χ0n) is 10.1. The lowest BCUT2D eigenvalue weighted by Gasteiger charge is -2.03. The molecule has 1 atom stereocenters. The maximum atomic E-state index is 5.94. The molecule has 0 radical (unpaired) electrons. The number of nitrogens with zero attached hydrogens (tertiary/aromatic N) is 1. The van der Waals surface area contributed by atoms with Gasteiger partial charge in [-0.15, -0.1) is 0 Å². The predicted molar refractivity (Wildman–Crippen MR) is 82.0 cm³/mol. The zero-order valence-corrected chi connectivity index (χ0v) is 12.5. The van der Waals surface area contributed by atoms with Crippen LogP contribution in [0.3, 0.4) is 0 Å². The Morgan fingerprint density at radius 1 is 1.47 bits per heavy atom. The number of benzene rings is 1. The summed E-state index contributed by atoms with van der Waals surface area (Å²) in [4.78, 5) is 4.72. The van der Waals surface area contributed by atoms with E-state index in [-0.39, 0.29) is 0 Å². The molecule has 2 rings (SSSR count). The molecule has 1 aromatic rings. The molecule has 0 bridgehead atoms. The molecular formula is C13H16ClNS2. The third kappa shape index (κ3) is 3.67. The summed E-state index contributed by atoms with van der Waals surface area (Å²) < 4.78 is 1.20. The first kappa shape index (κ1) is 13.3. The molecule has 17 heavy (non-hydrogen) atoms. The Labute approximate surface area is 116 Å². The molecule has 1 fully saturated rings. The van der Waals surface area contributed by atoms with Gasteiger partial charge in [-0.25, -0.2) is 4.99 Å². The Morgan fingerprint density at radius 3 is 3.00 bits per heavy atom. The summed E-state index contributed by atoms with van der Waals surface area (Å²) in [6.07, 6.45) is 2.54. The summed E-state index contributed by atoms with van der Waals surface area (Å²) in [5, 5.41) is 1.53. The van der Waals surface area contributed by atoms with Crippen LogP contribution in [0, 0.1) is 6.92 Å². The second kappa shape index (κ2) is 6.17. The molecule has 0 aliphatic carbocycles. The molecule has 92 valence electrons. The van der Waals surface area contributed by atoms with Gasteiger partial charge in [0.25, 0.3) is 0 Å². The van der Waals surface area contributed by atoms with Crippen molar-refractivity contribution in [1.82, 2.24) is 0 Å². The normalized spacial score (nSPS) is 22.3. The van der Waals surface area contributed by atoms with E-state index in [1.54, 1.807) is 0 Å². The van der Waals surface area contributed by atoms with Gasteiger partial charge in [-0.05, 0) is 37.1 Å². The second-order valence-corrected chi connectivity index (χ2v) is 7.14. The van der Waals surface area contributed by atoms with Gasteiger partial charge in [-0.2, -0.15) is 0 Å². The van der Waals surface area contributed by atoms with Crippen molar-refractivity contribution in [3.05, 3.63) is 28.8 Å². The van der Waals surface area contributed by atoms with Gasteiger partial charge in [0.2, 0.25) is 0 Å². The van der Waals surface area contributed by atoms with E-state index in [9.17, 15) is 0 Å². The molecule has 1 aromatic carbocycles. The van der Waals surface area contributed by atoms with E-state index in [1.165, 1.54) is 23.0 Å². The minimum atomic E-state index is 0.747. The lowest BCUT2D eigenvalue weighted by molar-refractivity contribution is 0.798. The SMILES string of the molecule is CCCC1CS/C(=N\c2ccc(Cl)cc2C)S1. The summed E-state index contributed by atoms with van der Waals surface area (Å²) in [6, 6.07) is 5.87. The minimum absolute atomic E-state index is 0.747. The minimum Gasteiger partial charge on any atom is -0.235 e. The number of aryl methyl sites for hydroxylation is 1. The fourth-order valence-corrected chi connectivity index (χ4v) is 4.78. The van der Waals surface area contributed by atoms with Crippen molar-refractivity contribution >= 4 is 45.2 Å². The van der Waals surface area contributed by atoms with Crippen molar-refractivity contribution in [2.75, 3.05) is 5.75 Å². The number of aliphatic imine (C=N–C) groups is 1. The van der Waals surface area contributed by atoms with Crippen molar-refractivity contribution in [1.29, 1.82) is 0 Å². The molecule has 1 nitrogen and oxygen atoms in total. The van der Waals surface area contributed by atoms with Gasteiger partial charge in [-0.3, -0.25) is 0 Å². The second-order valence-electron chi connectivity index (χ2n) is 4.15. The Balaban J connectivity index is 2.09. The van der Waals surface area contributed by atoms with Gasteiger partial charge in [0.1, 0.15) is 4.38 Å². The first-order chi connectivity index (χ1) is 8.19. The molecule has 0 saturated carbocycles. The standard InChI is InChI=1S/C13H16ClNS2/c1-3-4-11-8-16-13(17-11)15-12-6-5-10(14)7-9(12)2/h5-7,11H,3-4,8H2,1-2H3/b15-13+. The molecule has 1 heterocycles. The number of hydrogen-bond acceptors (Lipinski definition) is 3. The van der Waals surface area contributed by atoms with E-state index in [1.807, 2.05) is 41.7 Å². The first-order valence-electron chi connectivity index (χ1n) is 5.83. The third-order valence-electron chi connectivity index (χ3n) is 2.64. The topological polar surface area (TPSA) is 12.4 Å². The largest absolute Gasteiger partial charge is 0.235 e. The third-order valence-corrected chi connectivity index (χ3v) is 5.67. The van der Waals surface area contributed by atoms with Crippen LogP contribution in [0.25, 0.3) is 0 Å². The highest BCUT2D eigenvalue weighted by Crippen LogP contribution is 2.37. The quantitative estimate of drug-likeness (QED) is 0.748. The molecular weight excluding hydrogens is 270 g/mol. The lowest BCUT2D eigenvalue weighted by atomic mass is 10.2. The molecule has 1 aliphatic heterocycles. The van der Waals surface area contributed by atoms with Gasteiger partial charge in [0, 0.05) is 16.0 Å². The smallest absolute Gasteiger partial charge is 0.130 e. The van der Waals surface area contributed by atoms with Crippen LogP contribution in [-0.4, -0.2) is 15.4 Å².